The summed E-state index contributed by atoms with van der Waals surface area (Å²) in [5.41, 5.74) is 10.0. The van der Waals surface area contributed by atoms with Crippen LogP contribution in [-0.2, 0) is 72.3 Å². The number of hydrogen-bond acceptors (Lipinski definition) is 22. The van der Waals surface area contributed by atoms with Gasteiger partial charge in [-0.3, -0.25) is 29.4 Å². The maximum atomic E-state index is 13.1. The van der Waals surface area contributed by atoms with Gasteiger partial charge in [-0.25, -0.2) is 18.6 Å². The molecule has 0 N–H and O–H groups in total. The summed E-state index contributed by atoms with van der Waals surface area (Å²) in [5.74, 6) is 1.54. The standard InChI is InChI=1S/2C33H45N3O6.ClHO4.Ho.2Ni/c2*1-22-13-25(31(37)28(16-22)40-4)19-34-7-9-35(20-26-14-23(2)17-29(41-5)32(26)38)11-12-36(10-8-34)21-27-15-24(3)18-30(42-6)33(27)39;2-1(3,4)5;;;/h2*13-18,37-39H,7-12,19-21H2,1-6H3;(H,2,3,4,5);;;/q;;;+3;2*+2/p-7. The van der Waals surface area contributed by atoms with Gasteiger partial charge in [-0.05, 0) is 145 Å². The van der Waals surface area contributed by atoms with Gasteiger partial charge in [0, 0.05) is 118 Å². The van der Waals surface area contributed by atoms with Crippen molar-refractivity contribution in [2.45, 2.75) is 80.8 Å². The zero-order valence-electron chi connectivity index (χ0n) is 54.2. The van der Waals surface area contributed by atoms with Gasteiger partial charge in [-0.2, -0.15) is 0 Å². The molecule has 2 saturated heterocycles. The van der Waals surface area contributed by atoms with Gasteiger partial charge in [-0.15, -0.1) is 10.2 Å². The maximum absolute atomic E-state index is 13.1. The van der Waals surface area contributed by atoms with Gasteiger partial charge >= 0.3 is 70.7 Å². The molecule has 26 heteroatoms. The van der Waals surface area contributed by atoms with Crippen LogP contribution >= 0.6 is 0 Å². The number of halogens is 1. The topological polar surface area (TPSA) is 305 Å². The van der Waals surface area contributed by atoms with E-state index in [4.69, 9.17) is 47.1 Å². The van der Waals surface area contributed by atoms with Crippen LogP contribution in [0, 0.1) is 89.5 Å². The van der Waals surface area contributed by atoms with Gasteiger partial charge < -0.3 is 59.1 Å². The molecule has 0 saturated carbocycles. The molecule has 0 radical (unpaired) electrons. The van der Waals surface area contributed by atoms with Crippen LogP contribution in [0.25, 0.3) is 0 Å². The minimum Gasteiger partial charge on any atom is -0.870 e. The van der Waals surface area contributed by atoms with E-state index in [0.29, 0.717) is 186 Å². The molecule has 92 heavy (non-hydrogen) atoms. The third-order valence-corrected chi connectivity index (χ3v) is 15.7. The molecule has 0 aliphatic carbocycles. The van der Waals surface area contributed by atoms with Crippen LogP contribution in [0.3, 0.4) is 0 Å². The van der Waals surface area contributed by atoms with E-state index in [-0.39, 0.29) is 105 Å². The Morgan fingerprint density at radius 1 is 0.272 bits per heavy atom. The molecular formula is C66H84ClHoN6Ni2O16. The van der Waals surface area contributed by atoms with Crippen LogP contribution in [0.1, 0.15) is 66.8 Å². The van der Waals surface area contributed by atoms with Gasteiger partial charge in [-0.1, -0.05) is 70.9 Å². The molecular weight excluding hydrogens is 1450 g/mol. The minimum absolute atomic E-state index is 0. The quantitative estimate of drug-likeness (QED) is 0.106. The molecule has 0 aromatic heterocycles. The molecule has 0 bridgehead atoms. The smallest absolute Gasteiger partial charge is 0.870 e. The Bertz CT molecular complexity index is 2750. The molecule has 6 aromatic carbocycles. The molecule has 6 aromatic rings. The SMILES string of the molecule is COc1cc(C)cc(CN2CCN(Cc3cc(C)cc(OC)c3[O-])CCN(Cc3cc(C)cc(OC)c3[O-])CC2)c1[O-].COc1cc(C)cc(CN2CCN(Cc3cc(C)cc(OC)c3[O-])CCN(Cc3cc(C)cc(OC)c3[O-])CC2)c1[O-].[Ho+3].[Ni+2].[Ni+2].[O-][Cl+3]([O-])([O-])[O-]. The van der Waals surface area contributed by atoms with Crippen molar-refractivity contribution in [2.75, 3.05) is 121 Å². The van der Waals surface area contributed by atoms with Crippen molar-refractivity contribution in [1.82, 2.24) is 29.4 Å². The number of methoxy groups -OCH3 is 6. The van der Waals surface area contributed by atoms with E-state index in [1.54, 1.807) is 36.4 Å². The first-order valence-electron chi connectivity index (χ1n) is 29.3. The fourth-order valence-corrected chi connectivity index (χ4v) is 11.3. The summed E-state index contributed by atoms with van der Waals surface area (Å²) < 4.78 is 66.0. The van der Waals surface area contributed by atoms with Crippen LogP contribution in [0.5, 0.6) is 69.0 Å². The summed E-state index contributed by atoms with van der Waals surface area (Å²) >= 11 is 0. The predicted molar refractivity (Wildman–Crippen MR) is 315 cm³/mol. The minimum atomic E-state index is -4.94. The van der Waals surface area contributed by atoms with E-state index in [0.717, 1.165) is 33.4 Å². The number of hydrogen-bond donors (Lipinski definition) is 0. The first-order valence-corrected chi connectivity index (χ1v) is 30.5. The zero-order chi connectivity index (χ0) is 65.3. The monoisotopic (exact) mass is 1530 g/mol. The Labute approximate surface area is 594 Å². The van der Waals surface area contributed by atoms with E-state index < -0.39 is 10.2 Å². The van der Waals surface area contributed by atoms with Crippen molar-refractivity contribution in [3.63, 3.8) is 0 Å². The Morgan fingerprint density at radius 3 is 0.478 bits per heavy atom. The molecule has 0 spiro atoms. The molecule has 0 amide bonds. The Kier molecular flexibility index (Phi) is 34.1. The fraction of sp³-hybridized carbons (Fsp3) is 0.455. The third-order valence-electron chi connectivity index (χ3n) is 15.7. The maximum Gasteiger partial charge on any atom is 3.00 e. The van der Waals surface area contributed by atoms with Crippen LogP contribution in [-0.4, -0.2) is 151 Å². The molecule has 512 valence electrons. The largest absolute Gasteiger partial charge is 3.00 e. The van der Waals surface area contributed by atoms with Gasteiger partial charge in [0.1, 0.15) is 34.5 Å². The molecule has 2 aliphatic heterocycles. The predicted octanol–water partition coefficient (Wildman–Crippen LogP) is 0.596. The molecule has 0 atom stereocenters. The number of ether oxygens (including phenoxy) is 6. The molecule has 2 fully saturated rings. The fourth-order valence-electron chi connectivity index (χ4n) is 11.3. The number of aryl methyl sites for hydroxylation is 6. The zero-order valence-corrected chi connectivity index (χ0v) is 58.8. The number of benzene rings is 6. The van der Waals surface area contributed by atoms with E-state index >= 15 is 0 Å². The van der Waals surface area contributed by atoms with Crippen LogP contribution < -0.4 is 77.7 Å². The van der Waals surface area contributed by atoms with Crippen molar-refractivity contribution in [2.24, 2.45) is 0 Å². The van der Waals surface area contributed by atoms with E-state index in [1.807, 2.05) is 77.9 Å². The van der Waals surface area contributed by atoms with Crippen molar-refractivity contribution in [3.05, 3.63) is 140 Å². The second-order valence-corrected chi connectivity index (χ2v) is 23.5. The summed E-state index contributed by atoms with van der Waals surface area (Å²) in [4.78, 5) is 13.6. The normalized spacial score (nSPS) is 14.9. The van der Waals surface area contributed by atoms with Gasteiger partial charge in [0.2, 0.25) is 0 Å². The summed E-state index contributed by atoms with van der Waals surface area (Å²) in [5, 5.41) is 78.3. The Morgan fingerprint density at radius 2 is 0.380 bits per heavy atom. The first kappa shape index (κ1) is 81.3. The van der Waals surface area contributed by atoms with Crippen molar-refractivity contribution < 1.29 is 159 Å². The molecule has 2 aliphatic rings. The summed E-state index contributed by atoms with van der Waals surface area (Å²) in [7, 11) is 4.17. The number of nitrogens with zero attached hydrogens (tertiary/aromatic N) is 6. The van der Waals surface area contributed by atoms with Gasteiger partial charge in [0.25, 0.3) is 0 Å². The average Bonchev–Trinajstić information content (AvgIpc) is 1.41. The molecule has 0 unspecified atom stereocenters. The molecule has 2 heterocycles. The average molecular weight is 1540 g/mol. The molecule has 22 nitrogen and oxygen atoms in total. The second-order valence-electron chi connectivity index (χ2n) is 22.8. The van der Waals surface area contributed by atoms with Crippen molar-refractivity contribution >= 4 is 0 Å². The summed E-state index contributed by atoms with van der Waals surface area (Å²) in [6, 6.07) is 22.2. The van der Waals surface area contributed by atoms with Crippen molar-refractivity contribution in [3.8, 4) is 69.0 Å². The third kappa shape index (κ3) is 24.4. The Balaban J connectivity index is 0.000000434. The van der Waals surface area contributed by atoms with Crippen LogP contribution in [0.2, 0.25) is 0 Å². The molecule has 8 rings (SSSR count). The Hall–Kier alpha value is -4.94. The van der Waals surface area contributed by atoms with Crippen LogP contribution in [0.4, 0.5) is 0 Å². The van der Waals surface area contributed by atoms with Gasteiger partial charge in [0.05, 0.1) is 42.7 Å². The van der Waals surface area contributed by atoms with Crippen LogP contribution in [0.15, 0.2) is 72.8 Å². The van der Waals surface area contributed by atoms with Gasteiger partial charge in [0.15, 0.2) is 0 Å². The summed E-state index contributed by atoms with van der Waals surface area (Å²) in [6.45, 7) is 23.2. The first-order chi connectivity index (χ1) is 42.2. The van der Waals surface area contributed by atoms with Crippen molar-refractivity contribution in [1.29, 1.82) is 0 Å². The number of rotatable bonds is 18. The van der Waals surface area contributed by atoms with E-state index in [1.165, 1.54) is 42.7 Å². The summed E-state index contributed by atoms with van der Waals surface area (Å²) in [6.07, 6.45) is 0. The van der Waals surface area contributed by atoms with E-state index in [2.05, 4.69) is 29.4 Å². The second kappa shape index (κ2) is 38.6. The van der Waals surface area contributed by atoms with E-state index in [9.17, 15) is 30.6 Å².